The molecule has 0 saturated carbocycles. The van der Waals surface area contributed by atoms with Crippen LogP contribution in [0.3, 0.4) is 0 Å². The lowest BCUT2D eigenvalue weighted by molar-refractivity contribution is -0.140. The third kappa shape index (κ3) is 4.26. The Morgan fingerprint density at radius 1 is 1.25 bits per heavy atom. The zero-order valence-electron chi connectivity index (χ0n) is 12.2. The van der Waals surface area contributed by atoms with Crippen LogP contribution in [-0.2, 0) is 19.7 Å². The molecule has 0 fully saturated rings. The van der Waals surface area contributed by atoms with Gasteiger partial charge in [0.2, 0.25) is 5.91 Å². The van der Waals surface area contributed by atoms with Gasteiger partial charge in [-0.2, -0.15) is 0 Å². The van der Waals surface area contributed by atoms with Gasteiger partial charge in [-0.05, 0) is 38.0 Å². The minimum atomic E-state index is -0.640. The van der Waals surface area contributed by atoms with E-state index in [-0.39, 0.29) is 11.9 Å². The average molecular weight is 278 g/mol. The molecule has 0 atom stereocenters. The summed E-state index contributed by atoms with van der Waals surface area (Å²) in [4.78, 5) is 23.2. The van der Waals surface area contributed by atoms with Crippen molar-refractivity contribution in [3.05, 3.63) is 29.8 Å². The van der Waals surface area contributed by atoms with Gasteiger partial charge in [0, 0.05) is 18.7 Å². The van der Waals surface area contributed by atoms with Crippen LogP contribution < -0.4 is 11.1 Å². The molecule has 0 bridgehead atoms. The first-order chi connectivity index (χ1) is 9.37. The quantitative estimate of drug-likeness (QED) is 0.470. The van der Waals surface area contributed by atoms with E-state index >= 15 is 0 Å². The van der Waals surface area contributed by atoms with E-state index in [0.29, 0.717) is 25.1 Å². The molecular weight excluding hydrogens is 256 g/mol. The molecule has 0 radical (unpaired) electrons. The molecule has 0 aromatic heterocycles. The standard InChI is InChI=1S/C15H22N2O3/c1-15(2,11-6-8-12(16)9-7-11)14(19)17-10-4-5-13(18)20-3/h6-9H,4-5,10,16H2,1-3H3,(H,17,19). The first kappa shape index (κ1) is 16.0. The van der Waals surface area contributed by atoms with Crippen LogP contribution in [0, 0.1) is 0 Å². The highest BCUT2D eigenvalue weighted by molar-refractivity contribution is 5.87. The third-order valence-electron chi connectivity index (χ3n) is 3.27. The number of carbonyl (C=O) groups is 2. The average Bonchev–Trinajstić information content (AvgIpc) is 2.43. The molecule has 0 aliphatic heterocycles. The van der Waals surface area contributed by atoms with E-state index in [9.17, 15) is 9.59 Å². The minimum absolute atomic E-state index is 0.0767. The van der Waals surface area contributed by atoms with E-state index < -0.39 is 5.41 Å². The molecule has 0 heterocycles. The molecular formula is C15H22N2O3. The van der Waals surface area contributed by atoms with Gasteiger partial charge in [-0.3, -0.25) is 9.59 Å². The topological polar surface area (TPSA) is 81.4 Å². The van der Waals surface area contributed by atoms with Crippen molar-refractivity contribution in [2.75, 3.05) is 19.4 Å². The number of anilines is 1. The number of nitrogen functional groups attached to an aromatic ring is 1. The number of methoxy groups -OCH3 is 1. The number of amides is 1. The number of benzene rings is 1. The van der Waals surface area contributed by atoms with Gasteiger partial charge in [-0.25, -0.2) is 0 Å². The lowest BCUT2D eigenvalue weighted by Crippen LogP contribution is -2.40. The molecule has 1 aromatic rings. The summed E-state index contributed by atoms with van der Waals surface area (Å²) in [7, 11) is 1.35. The van der Waals surface area contributed by atoms with Crippen LogP contribution in [0.4, 0.5) is 5.69 Å². The van der Waals surface area contributed by atoms with Crippen LogP contribution in [0.5, 0.6) is 0 Å². The van der Waals surface area contributed by atoms with Crippen molar-refractivity contribution in [2.45, 2.75) is 32.1 Å². The van der Waals surface area contributed by atoms with E-state index in [1.165, 1.54) is 7.11 Å². The summed E-state index contributed by atoms with van der Waals surface area (Å²) in [5.74, 6) is -0.343. The monoisotopic (exact) mass is 278 g/mol. The van der Waals surface area contributed by atoms with Gasteiger partial charge in [0.1, 0.15) is 0 Å². The molecule has 1 aromatic carbocycles. The second-order valence-electron chi connectivity index (χ2n) is 5.18. The van der Waals surface area contributed by atoms with Gasteiger partial charge >= 0.3 is 5.97 Å². The number of ether oxygens (including phenoxy) is 1. The lowest BCUT2D eigenvalue weighted by Gasteiger charge is -2.24. The fraction of sp³-hybridized carbons (Fsp3) is 0.467. The number of rotatable bonds is 6. The Labute approximate surface area is 119 Å². The molecule has 0 aliphatic carbocycles. The summed E-state index contributed by atoms with van der Waals surface area (Å²) in [6.45, 7) is 4.16. The molecule has 0 saturated heterocycles. The summed E-state index contributed by atoms with van der Waals surface area (Å²) < 4.78 is 4.54. The zero-order chi connectivity index (χ0) is 15.2. The maximum atomic E-state index is 12.2. The highest BCUT2D eigenvalue weighted by Crippen LogP contribution is 2.24. The summed E-state index contributed by atoms with van der Waals surface area (Å²) in [5, 5.41) is 2.84. The fourth-order valence-corrected chi connectivity index (χ4v) is 1.79. The number of nitrogens with two attached hydrogens (primary N) is 1. The Kier molecular flexibility index (Phi) is 5.55. The highest BCUT2D eigenvalue weighted by Gasteiger charge is 2.29. The molecule has 0 spiro atoms. The van der Waals surface area contributed by atoms with Crippen LogP contribution in [0.2, 0.25) is 0 Å². The van der Waals surface area contributed by atoms with Crippen molar-refractivity contribution < 1.29 is 14.3 Å². The van der Waals surface area contributed by atoms with E-state index in [0.717, 1.165) is 5.56 Å². The highest BCUT2D eigenvalue weighted by atomic mass is 16.5. The van der Waals surface area contributed by atoms with E-state index in [1.54, 1.807) is 12.1 Å². The van der Waals surface area contributed by atoms with Crippen LogP contribution in [0.25, 0.3) is 0 Å². The van der Waals surface area contributed by atoms with Gasteiger partial charge in [-0.1, -0.05) is 12.1 Å². The lowest BCUT2D eigenvalue weighted by atomic mass is 9.83. The molecule has 0 aliphatic rings. The number of hydrogen-bond donors (Lipinski definition) is 2. The number of nitrogens with one attached hydrogen (secondary N) is 1. The number of esters is 1. The van der Waals surface area contributed by atoms with Gasteiger partial charge < -0.3 is 15.8 Å². The molecule has 0 unspecified atom stereocenters. The maximum absolute atomic E-state index is 12.2. The van der Waals surface area contributed by atoms with E-state index in [1.807, 2.05) is 26.0 Å². The van der Waals surface area contributed by atoms with Crippen molar-refractivity contribution in [2.24, 2.45) is 0 Å². The van der Waals surface area contributed by atoms with E-state index in [2.05, 4.69) is 10.1 Å². The normalized spacial score (nSPS) is 10.9. The zero-order valence-corrected chi connectivity index (χ0v) is 12.2. The Bertz CT molecular complexity index is 467. The Hall–Kier alpha value is -2.04. The molecule has 5 heteroatoms. The number of hydrogen-bond acceptors (Lipinski definition) is 4. The van der Waals surface area contributed by atoms with Crippen LogP contribution in [0.1, 0.15) is 32.3 Å². The Balaban J connectivity index is 2.52. The summed E-state index contributed by atoms with van der Waals surface area (Å²) in [6, 6.07) is 7.26. The minimum Gasteiger partial charge on any atom is -0.469 e. The summed E-state index contributed by atoms with van der Waals surface area (Å²) >= 11 is 0. The first-order valence-corrected chi connectivity index (χ1v) is 6.59. The first-order valence-electron chi connectivity index (χ1n) is 6.59. The fourth-order valence-electron chi connectivity index (χ4n) is 1.79. The van der Waals surface area contributed by atoms with Crippen molar-refractivity contribution in [1.82, 2.24) is 5.32 Å². The Morgan fingerprint density at radius 2 is 1.85 bits per heavy atom. The van der Waals surface area contributed by atoms with Crippen molar-refractivity contribution in [3.8, 4) is 0 Å². The van der Waals surface area contributed by atoms with Crippen LogP contribution in [-0.4, -0.2) is 25.5 Å². The van der Waals surface area contributed by atoms with Crippen molar-refractivity contribution in [3.63, 3.8) is 0 Å². The molecule has 5 nitrogen and oxygen atoms in total. The third-order valence-corrected chi connectivity index (χ3v) is 3.27. The second kappa shape index (κ2) is 6.93. The van der Waals surface area contributed by atoms with Crippen molar-refractivity contribution in [1.29, 1.82) is 0 Å². The van der Waals surface area contributed by atoms with Crippen molar-refractivity contribution >= 4 is 17.6 Å². The molecule has 20 heavy (non-hydrogen) atoms. The van der Waals surface area contributed by atoms with Crippen LogP contribution in [0.15, 0.2) is 24.3 Å². The summed E-state index contributed by atoms with van der Waals surface area (Å²) in [5.41, 5.74) is 6.57. The smallest absolute Gasteiger partial charge is 0.305 e. The number of carbonyl (C=O) groups excluding carboxylic acids is 2. The second-order valence-corrected chi connectivity index (χ2v) is 5.18. The van der Waals surface area contributed by atoms with Gasteiger partial charge in [-0.15, -0.1) is 0 Å². The maximum Gasteiger partial charge on any atom is 0.305 e. The summed E-state index contributed by atoms with van der Waals surface area (Å²) in [6.07, 6.45) is 0.870. The molecule has 1 rings (SSSR count). The molecule has 3 N–H and O–H groups in total. The van der Waals surface area contributed by atoms with Gasteiger partial charge in [0.05, 0.1) is 12.5 Å². The Morgan fingerprint density at radius 3 is 2.40 bits per heavy atom. The van der Waals surface area contributed by atoms with Crippen LogP contribution >= 0.6 is 0 Å². The molecule has 110 valence electrons. The van der Waals surface area contributed by atoms with E-state index in [4.69, 9.17) is 5.73 Å². The predicted octanol–water partition coefficient (Wildman–Crippen LogP) is 1.62. The SMILES string of the molecule is COC(=O)CCCNC(=O)C(C)(C)c1ccc(N)cc1. The van der Waals surface area contributed by atoms with Gasteiger partial charge in [0.15, 0.2) is 0 Å². The van der Waals surface area contributed by atoms with Gasteiger partial charge in [0.25, 0.3) is 0 Å². The molecule has 1 amide bonds. The predicted molar refractivity (Wildman–Crippen MR) is 78.1 cm³/mol. The largest absolute Gasteiger partial charge is 0.469 e.